The molecule has 0 spiro atoms. The molecule has 1 aromatic rings. The zero-order chi connectivity index (χ0) is 12.2. The van der Waals surface area contributed by atoms with Gasteiger partial charge in [0.2, 0.25) is 0 Å². The van der Waals surface area contributed by atoms with Crippen molar-refractivity contribution in [1.82, 2.24) is 14.9 Å². The van der Waals surface area contributed by atoms with Gasteiger partial charge < -0.3 is 9.64 Å². The van der Waals surface area contributed by atoms with Crippen molar-refractivity contribution in [2.24, 2.45) is 0 Å². The van der Waals surface area contributed by atoms with Crippen LogP contribution < -0.4 is 0 Å². The van der Waals surface area contributed by atoms with Gasteiger partial charge in [0.25, 0.3) is 0 Å². The lowest BCUT2D eigenvalue weighted by Crippen LogP contribution is -2.34. The summed E-state index contributed by atoms with van der Waals surface area (Å²) in [6.07, 6.45) is 2.91. The molecule has 0 saturated heterocycles. The molecule has 1 aromatic heterocycles. The van der Waals surface area contributed by atoms with Crippen molar-refractivity contribution in [1.29, 1.82) is 0 Å². The summed E-state index contributed by atoms with van der Waals surface area (Å²) in [7, 11) is 1.66. The predicted molar refractivity (Wildman–Crippen MR) is 59.7 cm³/mol. The Morgan fingerprint density at radius 2 is 1.94 bits per heavy atom. The smallest absolute Gasteiger partial charge is 0.410 e. The minimum absolute atomic E-state index is 0.343. The quantitative estimate of drug-likeness (QED) is 0.767. The highest BCUT2D eigenvalue weighted by atomic mass is 16.6. The van der Waals surface area contributed by atoms with Gasteiger partial charge in [-0.05, 0) is 26.8 Å². The Labute approximate surface area is 95.5 Å². The zero-order valence-electron chi connectivity index (χ0n) is 10.1. The van der Waals surface area contributed by atoms with E-state index in [0.29, 0.717) is 12.4 Å². The number of hydrogen-bond donors (Lipinski definition) is 0. The van der Waals surface area contributed by atoms with E-state index >= 15 is 0 Å². The SMILES string of the molecule is CN(Cc1ncccn1)C(=O)OC(C)(C)C. The number of aromatic nitrogens is 2. The van der Waals surface area contributed by atoms with Gasteiger partial charge >= 0.3 is 6.09 Å². The van der Waals surface area contributed by atoms with Gasteiger partial charge in [-0.2, -0.15) is 0 Å². The molecule has 0 N–H and O–H groups in total. The standard InChI is InChI=1S/C11H17N3O2/c1-11(2,3)16-10(15)14(4)8-9-12-6-5-7-13-9/h5-7H,8H2,1-4H3. The molecular formula is C11H17N3O2. The van der Waals surface area contributed by atoms with Crippen LogP contribution in [0.1, 0.15) is 26.6 Å². The summed E-state index contributed by atoms with van der Waals surface area (Å²) in [5.41, 5.74) is -0.483. The molecule has 5 heteroatoms. The Morgan fingerprint density at radius 1 is 1.38 bits per heavy atom. The fourth-order valence-electron chi connectivity index (χ4n) is 1.03. The summed E-state index contributed by atoms with van der Waals surface area (Å²) in [5, 5.41) is 0. The molecule has 88 valence electrons. The number of nitrogens with zero attached hydrogens (tertiary/aromatic N) is 3. The fourth-order valence-corrected chi connectivity index (χ4v) is 1.03. The second-order valence-corrected chi connectivity index (χ2v) is 4.50. The minimum Gasteiger partial charge on any atom is -0.444 e. The van der Waals surface area contributed by atoms with Crippen molar-refractivity contribution in [3.8, 4) is 0 Å². The third-order valence-electron chi connectivity index (χ3n) is 1.70. The van der Waals surface area contributed by atoms with Crippen LogP contribution in [0.15, 0.2) is 18.5 Å². The molecule has 0 atom stereocenters. The Balaban J connectivity index is 2.53. The Bertz CT molecular complexity index is 346. The van der Waals surface area contributed by atoms with E-state index in [1.165, 1.54) is 4.90 Å². The molecule has 1 rings (SSSR count). The molecule has 16 heavy (non-hydrogen) atoms. The van der Waals surface area contributed by atoms with E-state index in [1.807, 2.05) is 20.8 Å². The molecular weight excluding hydrogens is 206 g/mol. The molecule has 0 fully saturated rings. The van der Waals surface area contributed by atoms with Crippen LogP contribution in [0.3, 0.4) is 0 Å². The maximum absolute atomic E-state index is 11.6. The van der Waals surface area contributed by atoms with Crippen LogP contribution in [0, 0.1) is 0 Å². The molecule has 0 aromatic carbocycles. The summed E-state index contributed by atoms with van der Waals surface area (Å²) in [6, 6.07) is 1.73. The second-order valence-electron chi connectivity index (χ2n) is 4.50. The van der Waals surface area contributed by atoms with Crippen molar-refractivity contribution >= 4 is 6.09 Å². The van der Waals surface area contributed by atoms with Crippen LogP contribution in [-0.2, 0) is 11.3 Å². The third-order valence-corrected chi connectivity index (χ3v) is 1.70. The molecule has 0 aliphatic rings. The molecule has 0 bridgehead atoms. The predicted octanol–water partition coefficient (Wildman–Crippen LogP) is 1.84. The number of carbonyl (C=O) groups is 1. The highest BCUT2D eigenvalue weighted by molar-refractivity contribution is 5.67. The fraction of sp³-hybridized carbons (Fsp3) is 0.545. The summed E-state index contributed by atoms with van der Waals surface area (Å²) in [4.78, 5) is 21.1. The number of carbonyl (C=O) groups excluding carboxylic acids is 1. The van der Waals surface area contributed by atoms with Gasteiger partial charge in [0.15, 0.2) is 0 Å². The number of amides is 1. The van der Waals surface area contributed by atoms with E-state index < -0.39 is 5.60 Å². The molecule has 5 nitrogen and oxygen atoms in total. The average molecular weight is 223 g/mol. The lowest BCUT2D eigenvalue weighted by atomic mass is 10.2. The van der Waals surface area contributed by atoms with Gasteiger partial charge in [-0.15, -0.1) is 0 Å². The van der Waals surface area contributed by atoms with Crippen LogP contribution in [0.5, 0.6) is 0 Å². The van der Waals surface area contributed by atoms with Crippen LogP contribution in [-0.4, -0.2) is 33.6 Å². The van der Waals surface area contributed by atoms with E-state index in [0.717, 1.165) is 0 Å². The van der Waals surface area contributed by atoms with E-state index in [1.54, 1.807) is 25.5 Å². The Morgan fingerprint density at radius 3 is 2.44 bits per heavy atom. The highest BCUT2D eigenvalue weighted by Gasteiger charge is 2.19. The van der Waals surface area contributed by atoms with Crippen molar-refractivity contribution in [2.45, 2.75) is 32.9 Å². The van der Waals surface area contributed by atoms with Gasteiger partial charge in [0.05, 0.1) is 6.54 Å². The van der Waals surface area contributed by atoms with Crippen LogP contribution >= 0.6 is 0 Å². The van der Waals surface area contributed by atoms with E-state index in [9.17, 15) is 4.79 Å². The van der Waals surface area contributed by atoms with Crippen LogP contribution in [0.2, 0.25) is 0 Å². The maximum Gasteiger partial charge on any atom is 0.410 e. The monoisotopic (exact) mass is 223 g/mol. The van der Waals surface area contributed by atoms with Crippen molar-refractivity contribution in [3.63, 3.8) is 0 Å². The molecule has 0 radical (unpaired) electrons. The minimum atomic E-state index is -0.483. The average Bonchev–Trinajstić information content (AvgIpc) is 2.16. The lowest BCUT2D eigenvalue weighted by molar-refractivity contribution is 0.0281. The normalized spacial score (nSPS) is 11.0. The number of rotatable bonds is 2. The summed E-state index contributed by atoms with van der Waals surface area (Å²) in [6.45, 7) is 5.84. The summed E-state index contributed by atoms with van der Waals surface area (Å²) >= 11 is 0. The van der Waals surface area contributed by atoms with Crippen LogP contribution in [0.4, 0.5) is 4.79 Å². The maximum atomic E-state index is 11.6. The zero-order valence-corrected chi connectivity index (χ0v) is 10.1. The van der Waals surface area contributed by atoms with E-state index in [4.69, 9.17) is 4.74 Å². The van der Waals surface area contributed by atoms with Crippen molar-refractivity contribution in [2.75, 3.05) is 7.05 Å². The van der Waals surface area contributed by atoms with Gasteiger partial charge in [0, 0.05) is 19.4 Å². The molecule has 0 unspecified atom stereocenters. The van der Waals surface area contributed by atoms with Gasteiger partial charge in [-0.1, -0.05) is 0 Å². The summed E-state index contributed by atoms with van der Waals surface area (Å²) < 4.78 is 5.20. The van der Waals surface area contributed by atoms with E-state index in [2.05, 4.69) is 9.97 Å². The highest BCUT2D eigenvalue weighted by Crippen LogP contribution is 2.09. The van der Waals surface area contributed by atoms with Crippen molar-refractivity contribution in [3.05, 3.63) is 24.3 Å². The largest absolute Gasteiger partial charge is 0.444 e. The second kappa shape index (κ2) is 4.92. The van der Waals surface area contributed by atoms with Gasteiger partial charge in [0.1, 0.15) is 11.4 Å². The number of ether oxygens (including phenoxy) is 1. The molecule has 1 heterocycles. The topological polar surface area (TPSA) is 55.3 Å². The summed E-state index contributed by atoms with van der Waals surface area (Å²) in [5.74, 6) is 0.593. The van der Waals surface area contributed by atoms with Gasteiger partial charge in [-0.25, -0.2) is 14.8 Å². The van der Waals surface area contributed by atoms with Gasteiger partial charge in [-0.3, -0.25) is 0 Å². The van der Waals surface area contributed by atoms with E-state index in [-0.39, 0.29) is 6.09 Å². The Kier molecular flexibility index (Phi) is 3.82. The first-order chi connectivity index (χ1) is 7.38. The lowest BCUT2D eigenvalue weighted by Gasteiger charge is -2.24. The third kappa shape index (κ3) is 4.25. The van der Waals surface area contributed by atoms with Crippen LogP contribution in [0.25, 0.3) is 0 Å². The first kappa shape index (κ1) is 12.4. The van der Waals surface area contributed by atoms with Crippen molar-refractivity contribution < 1.29 is 9.53 Å². The first-order valence-corrected chi connectivity index (χ1v) is 5.08. The Hall–Kier alpha value is -1.65. The molecule has 0 saturated carbocycles. The first-order valence-electron chi connectivity index (χ1n) is 5.08. The number of hydrogen-bond acceptors (Lipinski definition) is 4. The molecule has 0 aliphatic heterocycles. The molecule has 0 aliphatic carbocycles. The molecule has 1 amide bonds.